The Morgan fingerprint density at radius 2 is 1.73 bits per heavy atom. The average molecular weight is 409 g/mol. The van der Waals surface area contributed by atoms with Crippen molar-refractivity contribution in [2.75, 3.05) is 37.7 Å². The highest BCUT2D eigenvalue weighted by Crippen LogP contribution is 2.31. The van der Waals surface area contributed by atoms with Gasteiger partial charge in [-0.25, -0.2) is 0 Å². The number of amides is 1. The molecule has 0 radical (unpaired) electrons. The van der Waals surface area contributed by atoms with Crippen molar-refractivity contribution in [3.8, 4) is 5.75 Å². The van der Waals surface area contributed by atoms with E-state index < -0.39 is 0 Å². The van der Waals surface area contributed by atoms with Gasteiger partial charge in [-0.05, 0) is 62.4 Å². The van der Waals surface area contributed by atoms with Crippen LogP contribution in [0.5, 0.6) is 5.75 Å². The zero-order chi connectivity index (χ0) is 21.2. The predicted molar refractivity (Wildman–Crippen MR) is 124 cm³/mol. The number of hydrogen-bond donors (Lipinski definition) is 0. The maximum absolute atomic E-state index is 12.6. The molecule has 1 aliphatic rings. The molecule has 3 rings (SSSR count). The van der Waals surface area contributed by atoms with Crippen molar-refractivity contribution in [1.29, 1.82) is 0 Å². The molecule has 30 heavy (non-hydrogen) atoms. The molecule has 0 aromatic heterocycles. The third-order valence-corrected chi connectivity index (χ3v) is 5.69. The minimum Gasteiger partial charge on any atom is -0.493 e. The smallest absolute Gasteiger partial charge is 0.227 e. The number of hydrogen-bond acceptors (Lipinski definition) is 3. The highest BCUT2D eigenvalue weighted by atomic mass is 16.5. The van der Waals surface area contributed by atoms with Gasteiger partial charge in [-0.3, -0.25) is 4.79 Å². The molecule has 4 nitrogen and oxygen atoms in total. The molecule has 0 atom stereocenters. The molecule has 0 saturated heterocycles. The molecule has 0 fully saturated rings. The normalized spacial score (nSPS) is 13.6. The highest BCUT2D eigenvalue weighted by Gasteiger charge is 2.24. The van der Waals surface area contributed by atoms with Gasteiger partial charge >= 0.3 is 0 Å². The van der Waals surface area contributed by atoms with Crippen LogP contribution in [-0.4, -0.2) is 43.6 Å². The van der Waals surface area contributed by atoms with Crippen molar-refractivity contribution in [2.45, 2.75) is 52.4 Å². The molecule has 1 aliphatic heterocycles. The fourth-order valence-corrected chi connectivity index (χ4v) is 4.18. The molecule has 1 heterocycles. The van der Waals surface area contributed by atoms with Gasteiger partial charge in [0, 0.05) is 25.6 Å². The SMILES string of the molecule is CCCN(CCC)CCCOc1ccc2c(c1)N(CCc1ccccc1)C(=O)CC2. The van der Waals surface area contributed by atoms with Crippen LogP contribution in [-0.2, 0) is 17.6 Å². The first kappa shape index (κ1) is 22.4. The Morgan fingerprint density at radius 3 is 2.47 bits per heavy atom. The van der Waals surface area contributed by atoms with E-state index in [-0.39, 0.29) is 5.91 Å². The van der Waals surface area contributed by atoms with Crippen LogP contribution in [0.15, 0.2) is 48.5 Å². The maximum Gasteiger partial charge on any atom is 0.227 e. The molecular weight excluding hydrogens is 372 g/mol. The Labute approximate surface area is 181 Å². The number of carbonyl (C=O) groups is 1. The van der Waals surface area contributed by atoms with Crippen molar-refractivity contribution in [1.82, 2.24) is 4.90 Å². The lowest BCUT2D eigenvalue weighted by Crippen LogP contribution is -2.36. The first-order chi connectivity index (χ1) is 14.7. The van der Waals surface area contributed by atoms with Crippen molar-refractivity contribution in [3.63, 3.8) is 0 Å². The van der Waals surface area contributed by atoms with E-state index >= 15 is 0 Å². The molecule has 2 aromatic rings. The van der Waals surface area contributed by atoms with Crippen molar-refractivity contribution >= 4 is 11.6 Å². The monoisotopic (exact) mass is 408 g/mol. The fraction of sp³-hybridized carbons (Fsp3) is 0.500. The van der Waals surface area contributed by atoms with E-state index in [1.54, 1.807) is 0 Å². The minimum atomic E-state index is 0.213. The third kappa shape index (κ3) is 6.33. The van der Waals surface area contributed by atoms with Gasteiger partial charge < -0.3 is 14.5 Å². The second kappa shape index (κ2) is 11.8. The lowest BCUT2D eigenvalue weighted by molar-refractivity contribution is -0.118. The zero-order valence-electron chi connectivity index (χ0n) is 18.6. The molecule has 162 valence electrons. The van der Waals surface area contributed by atoms with Crippen LogP contribution in [0.1, 0.15) is 50.7 Å². The van der Waals surface area contributed by atoms with Gasteiger partial charge in [-0.2, -0.15) is 0 Å². The van der Waals surface area contributed by atoms with E-state index in [1.807, 2.05) is 11.0 Å². The molecule has 0 unspecified atom stereocenters. The van der Waals surface area contributed by atoms with Crippen LogP contribution in [0.2, 0.25) is 0 Å². The first-order valence-electron chi connectivity index (χ1n) is 11.5. The lowest BCUT2D eigenvalue weighted by Gasteiger charge is -2.30. The van der Waals surface area contributed by atoms with Crippen LogP contribution < -0.4 is 9.64 Å². The van der Waals surface area contributed by atoms with Gasteiger partial charge in [0.15, 0.2) is 0 Å². The van der Waals surface area contributed by atoms with Gasteiger partial charge in [0.05, 0.1) is 12.3 Å². The van der Waals surface area contributed by atoms with Crippen LogP contribution in [0.4, 0.5) is 5.69 Å². The summed E-state index contributed by atoms with van der Waals surface area (Å²) in [4.78, 5) is 17.1. The summed E-state index contributed by atoms with van der Waals surface area (Å²) < 4.78 is 6.06. The largest absolute Gasteiger partial charge is 0.493 e. The minimum absolute atomic E-state index is 0.213. The van der Waals surface area contributed by atoms with Crippen LogP contribution in [0.3, 0.4) is 0 Å². The Kier molecular flexibility index (Phi) is 8.76. The van der Waals surface area contributed by atoms with Crippen molar-refractivity contribution in [3.05, 3.63) is 59.7 Å². The first-order valence-corrected chi connectivity index (χ1v) is 11.5. The van der Waals surface area contributed by atoms with E-state index in [1.165, 1.54) is 24.0 Å². The molecule has 4 heteroatoms. The summed E-state index contributed by atoms with van der Waals surface area (Å²) in [5, 5.41) is 0. The Bertz CT molecular complexity index is 785. The number of fused-ring (bicyclic) bond motifs is 1. The number of benzene rings is 2. The Morgan fingerprint density at radius 1 is 0.967 bits per heavy atom. The third-order valence-electron chi connectivity index (χ3n) is 5.69. The van der Waals surface area contributed by atoms with Gasteiger partial charge in [0.25, 0.3) is 0 Å². The van der Waals surface area contributed by atoms with Gasteiger partial charge in [-0.15, -0.1) is 0 Å². The van der Waals surface area contributed by atoms with Crippen molar-refractivity contribution in [2.24, 2.45) is 0 Å². The van der Waals surface area contributed by atoms with E-state index in [9.17, 15) is 4.79 Å². The summed E-state index contributed by atoms with van der Waals surface area (Å²) in [5.41, 5.74) is 3.53. The molecule has 0 aliphatic carbocycles. The summed E-state index contributed by atoms with van der Waals surface area (Å²) in [6.45, 7) is 9.28. The number of carbonyl (C=O) groups excluding carboxylic acids is 1. The summed E-state index contributed by atoms with van der Waals surface area (Å²) in [6, 6.07) is 16.6. The fourth-order valence-electron chi connectivity index (χ4n) is 4.18. The summed E-state index contributed by atoms with van der Waals surface area (Å²) in [5.74, 6) is 1.08. The molecular formula is C26H36N2O2. The maximum atomic E-state index is 12.6. The van der Waals surface area contributed by atoms with Gasteiger partial charge in [-0.1, -0.05) is 50.2 Å². The second-order valence-electron chi connectivity index (χ2n) is 8.12. The number of nitrogens with zero attached hydrogens (tertiary/aromatic N) is 2. The highest BCUT2D eigenvalue weighted by molar-refractivity contribution is 5.96. The molecule has 0 spiro atoms. The van der Waals surface area contributed by atoms with Crippen LogP contribution >= 0.6 is 0 Å². The summed E-state index contributed by atoms with van der Waals surface area (Å²) >= 11 is 0. The Hall–Kier alpha value is -2.33. The quantitative estimate of drug-likeness (QED) is 0.458. The summed E-state index contributed by atoms with van der Waals surface area (Å²) in [7, 11) is 0. The van der Waals surface area contributed by atoms with Gasteiger partial charge in [0.1, 0.15) is 5.75 Å². The number of anilines is 1. The molecule has 1 amide bonds. The molecule has 0 saturated carbocycles. The Balaban J connectivity index is 1.58. The molecule has 2 aromatic carbocycles. The average Bonchev–Trinajstić information content (AvgIpc) is 2.77. The van der Waals surface area contributed by atoms with Crippen LogP contribution in [0.25, 0.3) is 0 Å². The van der Waals surface area contributed by atoms with Gasteiger partial charge in [0.2, 0.25) is 5.91 Å². The lowest BCUT2D eigenvalue weighted by atomic mass is 10.00. The zero-order valence-corrected chi connectivity index (χ0v) is 18.6. The second-order valence-corrected chi connectivity index (χ2v) is 8.12. The predicted octanol–water partition coefficient (Wildman–Crippen LogP) is 5.10. The standard InChI is InChI=1S/C26H36N2O2/c1-3-16-27(17-4-2)18-8-20-30-24-13-11-23-12-14-26(29)28(25(23)21-24)19-15-22-9-6-5-7-10-22/h5-7,9-11,13,21H,3-4,8,12,14-20H2,1-2H3. The van der Waals surface area contributed by atoms with Crippen LogP contribution in [0, 0.1) is 0 Å². The number of aryl methyl sites for hydroxylation is 1. The molecule has 0 N–H and O–H groups in total. The van der Waals surface area contributed by atoms with Crippen molar-refractivity contribution < 1.29 is 9.53 Å². The number of ether oxygens (including phenoxy) is 1. The molecule has 0 bridgehead atoms. The van der Waals surface area contributed by atoms with E-state index in [2.05, 4.69) is 61.2 Å². The topological polar surface area (TPSA) is 32.8 Å². The van der Waals surface area contributed by atoms with E-state index in [0.717, 1.165) is 50.3 Å². The van der Waals surface area contributed by atoms with E-state index in [4.69, 9.17) is 4.74 Å². The van der Waals surface area contributed by atoms with E-state index in [0.29, 0.717) is 19.6 Å². The summed E-state index contributed by atoms with van der Waals surface area (Å²) in [6.07, 6.45) is 5.68. The number of rotatable bonds is 12.